The first-order valence-electron chi connectivity index (χ1n) is 7.72. The number of rotatable bonds is 3. The molecule has 1 aromatic carbocycles. The molecule has 2 atom stereocenters. The lowest BCUT2D eigenvalue weighted by atomic mass is 10.1. The second kappa shape index (κ2) is 5.15. The van der Waals surface area contributed by atoms with Gasteiger partial charge in [-0.25, -0.2) is 0 Å². The van der Waals surface area contributed by atoms with Crippen LogP contribution in [-0.2, 0) is 6.54 Å². The van der Waals surface area contributed by atoms with Crippen molar-refractivity contribution in [3.8, 4) is 0 Å². The minimum Gasteiger partial charge on any atom is -0.308 e. The molecular weight excluding hydrogens is 246 g/mol. The lowest BCUT2D eigenvalue weighted by Crippen LogP contribution is -2.38. The molecule has 0 radical (unpaired) electrons. The van der Waals surface area contributed by atoms with Crippen LogP contribution in [0.25, 0.3) is 10.9 Å². The predicted octanol–water partition coefficient (Wildman–Crippen LogP) is 2.56. The molecule has 2 fully saturated rings. The third-order valence-electron chi connectivity index (χ3n) is 4.88. The van der Waals surface area contributed by atoms with Crippen LogP contribution in [0.5, 0.6) is 0 Å². The number of fused-ring (bicyclic) bond motifs is 2. The fourth-order valence-electron chi connectivity index (χ4n) is 3.87. The van der Waals surface area contributed by atoms with E-state index < -0.39 is 0 Å². The molecule has 2 aromatic rings. The second-order valence-corrected chi connectivity index (χ2v) is 6.01. The van der Waals surface area contributed by atoms with E-state index in [0.29, 0.717) is 6.04 Å². The quantitative estimate of drug-likeness (QED) is 0.926. The first kappa shape index (κ1) is 12.3. The Morgan fingerprint density at radius 1 is 1.15 bits per heavy atom. The molecular formula is C17H21N3. The molecule has 2 aliphatic rings. The summed E-state index contributed by atoms with van der Waals surface area (Å²) >= 11 is 0. The van der Waals surface area contributed by atoms with Crippen LogP contribution in [0, 0.1) is 0 Å². The molecule has 0 saturated carbocycles. The molecule has 2 saturated heterocycles. The summed E-state index contributed by atoms with van der Waals surface area (Å²) in [6, 6.07) is 12.1. The van der Waals surface area contributed by atoms with E-state index >= 15 is 0 Å². The normalized spacial score (nSPS) is 26.2. The highest BCUT2D eigenvalue weighted by atomic mass is 15.2. The van der Waals surface area contributed by atoms with Gasteiger partial charge in [0.05, 0.1) is 5.52 Å². The first-order valence-corrected chi connectivity index (χ1v) is 7.72. The van der Waals surface area contributed by atoms with E-state index in [1.807, 2.05) is 12.3 Å². The van der Waals surface area contributed by atoms with Crippen molar-refractivity contribution in [2.45, 2.75) is 37.9 Å². The van der Waals surface area contributed by atoms with Crippen molar-refractivity contribution in [1.29, 1.82) is 0 Å². The van der Waals surface area contributed by atoms with E-state index in [1.165, 1.54) is 43.3 Å². The maximum atomic E-state index is 4.54. The number of benzene rings is 1. The van der Waals surface area contributed by atoms with E-state index in [0.717, 1.165) is 18.1 Å². The number of nitrogens with zero attached hydrogens (tertiary/aromatic N) is 2. The topological polar surface area (TPSA) is 28.2 Å². The van der Waals surface area contributed by atoms with Gasteiger partial charge in [0.25, 0.3) is 0 Å². The minimum atomic E-state index is 0.663. The molecule has 2 unspecified atom stereocenters. The number of nitrogens with one attached hydrogen (secondary N) is 1. The van der Waals surface area contributed by atoms with Crippen molar-refractivity contribution in [3.63, 3.8) is 0 Å². The molecule has 0 aliphatic carbocycles. The highest BCUT2D eigenvalue weighted by Crippen LogP contribution is 2.28. The highest BCUT2D eigenvalue weighted by Gasteiger charge is 2.36. The van der Waals surface area contributed by atoms with Gasteiger partial charge in [-0.1, -0.05) is 24.3 Å². The second-order valence-electron chi connectivity index (χ2n) is 6.01. The van der Waals surface area contributed by atoms with Crippen LogP contribution in [0.1, 0.15) is 24.8 Å². The Morgan fingerprint density at radius 3 is 3.10 bits per heavy atom. The molecule has 3 heteroatoms. The third kappa shape index (κ3) is 2.11. The molecule has 1 aromatic heterocycles. The van der Waals surface area contributed by atoms with E-state index in [4.69, 9.17) is 0 Å². The van der Waals surface area contributed by atoms with Gasteiger partial charge < -0.3 is 5.32 Å². The van der Waals surface area contributed by atoms with E-state index in [-0.39, 0.29) is 0 Å². The lowest BCUT2D eigenvalue weighted by molar-refractivity contribution is 0.298. The molecule has 20 heavy (non-hydrogen) atoms. The van der Waals surface area contributed by atoms with Gasteiger partial charge in [0.15, 0.2) is 0 Å². The van der Waals surface area contributed by atoms with Gasteiger partial charge >= 0.3 is 0 Å². The van der Waals surface area contributed by atoms with E-state index in [1.54, 1.807) is 0 Å². The van der Waals surface area contributed by atoms with Crippen LogP contribution in [0.3, 0.4) is 0 Å². The Morgan fingerprint density at radius 2 is 2.10 bits per heavy atom. The largest absolute Gasteiger partial charge is 0.308 e. The summed E-state index contributed by atoms with van der Waals surface area (Å²) in [5.41, 5.74) is 2.46. The van der Waals surface area contributed by atoms with Crippen LogP contribution >= 0.6 is 0 Å². The van der Waals surface area contributed by atoms with Gasteiger partial charge in [-0.3, -0.25) is 9.88 Å². The van der Waals surface area contributed by atoms with Crippen molar-refractivity contribution in [2.75, 3.05) is 13.1 Å². The summed E-state index contributed by atoms with van der Waals surface area (Å²) in [5.74, 6) is 0. The van der Waals surface area contributed by atoms with Gasteiger partial charge in [-0.05, 0) is 37.4 Å². The minimum absolute atomic E-state index is 0.663. The van der Waals surface area contributed by atoms with Crippen LogP contribution in [0.2, 0.25) is 0 Å². The van der Waals surface area contributed by atoms with Crippen LogP contribution in [0.4, 0.5) is 0 Å². The first-order chi connectivity index (χ1) is 9.92. The maximum Gasteiger partial charge on any atom is 0.0746 e. The number of hydrogen-bond donors (Lipinski definition) is 1. The fourth-order valence-corrected chi connectivity index (χ4v) is 3.87. The molecule has 4 rings (SSSR count). The molecule has 0 spiro atoms. The van der Waals surface area contributed by atoms with Crippen LogP contribution in [0.15, 0.2) is 36.5 Å². The Hall–Kier alpha value is -1.45. The Bertz CT molecular complexity index is 605. The zero-order valence-electron chi connectivity index (χ0n) is 11.8. The van der Waals surface area contributed by atoms with Gasteiger partial charge in [0.2, 0.25) is 0 Å². The van der Waals surface area contributed by atoms with Gasteiger partial charge in [0, 0.05) is 36.8 Å². The predicted molar refractivity (Wildman–Crippen MR) is 81.6 cm³/mol. The Kier molecular flexibility index (Phi) is 3.17. The van der Waals surface area contributed by atoms with Gasteiger partial charge in [-0.2, -0.15) is 0 Å². The Labute approximate surface area is 120 Å². The van der Waals surface area contributed by atoms with Crippen molar-refractivity contribution >= 4 is 10.9 Å². The van der Waals surface area contributed by atoms with Crippen molar-refractivity contribution in [1.82, 2.24) is 15.2 Å². The summed E-state index contributed by atoms with van der Waals surface area (Å²) in [7, 11) is 0. The molecule has 0 amide bonds. The van der Waals surface area contributed by atoms with Crippen molar-refractivity contribution in [3.05, 3.63) is 42.1 Å². The molecule has 2 aliphatic heterocycles. The van der Waals surface area contributed by atoms with E-state index in [9.17, 15) is 0 Å². The summed E-state index contributed by atoms with van der Waals surface area (Å²) in [6.45, 7) is 3.51. The average Bonchev–Trinajstić information content (AvgIpc) is 3.09. The molecule has 3 heterocycles. The maximum absolute atomic E-state index is 4.54. The van der Waals surface area contributed by atoms with Crippen molar-refractivity contribution in [2.24, 2.45) is 0 Å². The van der Waals surface area contributed by atoms with Crippen LogP contribution in [-0.4, -0.2) is 35.1 Å². The number of aromatic nitrogens is 1. The fraction of sp³-hybridized carbons (Fsp3) is 0.471. The lowest BCUT2D eigenvalue weighted by Gasteiger charge is -2.21. The van der Waals surface area contributed by atoms with Gasteiger partial charge in [-0.15, -0.1) is 0 Å². The smallest absolute Gasteiger partial charge is 0.0746 e. The SMILES string of the molecule is c1cnc2c(CNC3CCN4CCCC34)cccc2c1. The van der Waals surface area contributed by atoms with Gasteiger partial charge in [0.1, 0.15) is 0 Å². The summed E-state index contributed by atoms with van der Waals surface area (Å²) in [4.78, 5) is 7.19. The monoisotopic (exact) mass is 267 g/mol. The average molecular weight is 267 g/mol. The number of hydrogen-bond acceptors (Lipinski definition) is 3. The summed E-state index contributed by atoms with van der Waals surface area (Å²) in [5, 5.41) is 5.02. The summed E-state index contributed by atoms with van der Waals surface area (Å²) in [6.07, 6.45) is 5.92. The molecule has 104 valence electrons. The van der Waals surface area contributed by atoms with E-state index in [2.05, 4.69) is 39.5 Å². The Balaban J connectivity index is 1.51. The zero-order valence-corrected chi connectivity index (χ0v) is 11.8. The van der Waals surface area contributed by atoms with Crippen molar-refractivity contribution < 1.29 is 0 Å². The highest BCUT2D eigenvalue weighted by molar-refractivity contribution is 5.81. The number of para-hydroxylation sites is 1. The van der Waals surface area contributed by atoms with Crippen LogP contribution < -0.4 is 5.32 Å². The molecule has 3 nitrogen and oxygen atoms in total. The zero-order chi connectivity index (χ0) is 13.4. The number of pyridine rings is 1. The molecule has 1 N–H and O–H groups in total. The third-order valence-corrected chi connectivity index (χ3v) is 4.88. The summed E-state index contributed by atoms with van der Waals surface area (Å²) < 4.78 is 0. The standard InChI is InChI=1S/C17H21N3/c1-4-13-6-2-9-18-17(13)14(5-1)12-19-15-8-11-20-10-3-7-16(15)20/h1-2,4-6,9,15-16,19H,3,7-8,10-12H2. The molecule has 0 bridgehead atoms.